The number of aryl methyl sites for hydroxylation is 1. The molecule has 0 saturated carbocycles. The van der Waals surface area contributed by atoms with E-state index in [-0.39, 0.29) is 0 Å². The fourth-order valence-electron chi connectivity index (χ4n) is 2.23. The summed E-state index contributed by atoms with van der Waals surface area (Å²) in [5, 5.41) is 3.42. The zero-order chi connectivity index (χ0) is 15.2. The number of thioether (sulfide) groups is 1. The van der Waals surface area contributed by atoms with Crippen LogP contribution >= 0.6 is 24.0 Å². The van der Waals surface area contributed by atoms with E-state index < -0.39 is 0 Å². The summed E-state index contributed by atoms with van der Waals surface area (Å²) in [4.78, 5) is 5.95. The Kier molecular flexibility index (Phi) is 5.59. The van der Waals surface area contributed by atoms with Gasteiger partial charge in [-0.2, -0.15) is 0 Å². The molecule has 1 heterocycles. The van der Waals surface area contributed by atoms with E-state index in [1.807, 2.05) is 36.7 Å². The number of anilines is 1. The van der Waals surface area contributed by atoms with Crippen LogP contribution in [0.4, 0.5) is 5.69 Å². The van der Waals surface area contributed by atoms with Gasteiger partial charge in [0, 0.05) is 22.3 Å². The Morgan fingerprint density at radius 2 is 2.14 bits per heavy atom. The molecule has 0 unspecified atom stereocenters. The lowest BCUT2D eigenvalue weighted by molar-refractivity contribution is 0.970. The highest BCUT2D eigenvalue weighted by molar-refractivity contribution is 7.98. The molecule has 0 saturated heterocycles. The summed E-state index contributed by atoms with van der Waals surface area (Å²) in [7, 11) is 0. The molecule has 5 heteroatoms. The van der Waals surface area contributed by atoms with Crippen molar-refractivity contribution in [1.29, 1.82) is 0 Å². The van der Waals surface area contributed by atoms with Gasteiger partial charge in [0.15, 0.2) is 0 Å². The molecule has 0 aliphatic carbocycles. The second-order valence-electron chi connectivity index (χ2n) is 4.56. The number of nitrogens with one attached hydrogen (secondary N) is 1. The number of aromatic nitrogens is 1. The Morgan fingerprint density at radius 1 is 1.33 bits per heavy atom. The van der Waals surface area contributed by atoms with E-state index in [1.165, 1.54) is 5.56 Å². The first kappa shape index (κ1) is 15.8. The summed E-state index contributed by atoms with van der Waals surface area (Å²) in [5.74, 6) is 0. The fourth-order valence-corrected chi connectivity index (χ4v) is 3.16. The number of nitrogens with zero attached hydrogens (tertiary/aromatic N) is 1. The Hall–Kier alpha value is -1.59. The van der Waals surface area contributed by atoms with E-state index in [0.29, 0.717) is 11.5 Å². The highest BCUT2D eigenvalue weighted by Crippen LogP contribution is 2.27. The summed E-state index contributed by atoms with van der Waals surface area (Å²) in [6.07, 6.45) is 4.82. The highest BCUT2D eigenvalue weighted by Gasteiger charge is 2.11. The molecule has 21 heavy (non-hydrogen) atoms. The molecule has 2 aromatic rings. The third kappa shape index (κ3) is 3.74. The largest absolute Gasteiger partial charge is 0.389 e. The van der Waals surface area contributed by atoms with Gasteiger partial charge in [0.05, 0.1) is 12.2 Å². The molecule has 110 valence electrons. The van der Waals surface area contributed by atoms with Crippen molar-refractivity contribution in [2.45, 2.75) is 24.8 Å². The van der Waals surface area contributed by atoms with Crippen LogP contribution in [0.1, 0.15) is 23.7 Å². The van der Waals surface area contributed by atoms with Crippen LogP contribution < -0.4 is 11.1 Å². The zero-order valence-electron chi connectivity index (χ0n) is 12.2. The molecule has 0 bridgehead atoms. The molecular formula is C16H19N3S2. The van der Waals surface area contributed by atoms with Crippen molar-refractivity contribution in [2.75, 3.05) is 11.6 Å². The second-order valence-corrected chi connectivity index (χ2v) is 5.85. The molecule has 0 fully saturated rings. The van der Waals surface area contributed by atoms with Crippen LogP contribution in [0.5, 0.6) is 0 Å². The van der Waals surface area contributed by atoms with Crippen LogP contribution in [0.25, 0.3) is 0 Å². The lowest BCUT2D eigenvalue weighted by Gasteiger charge is -2.15. The van der Waals surface area contributed by atoms with Gasteiger partial charge in [-0.1, -0.05) is 31.3 Å². The summed E-state index contributed by atoms with van der Waals surface area (Å²) < 4.78 is 0. The maximum Gasteiger partial charge on any atom is 0.107 e. The van der Waals surface area contributed by atoms with Gasteiger partial charge >= 0.3 is 0 Å². The van der Waals surface area contributed by atoms with Crippen molar-refractivity contribution in [3.63, 3.8) is 0 Å². The maximum atomic E-state index is 5.88. The Bertz CT molecular complexity index is 641. The van der Waals surface area contributed by atoms with Gasteiger partial charge in [0.2, 0.25) is 0 Å². The predicted octanol–water partition coefficient (Wildman–Crippen LogP) is 3.61. The minimum absolute atomic E-state index is 0.416. The summed E-state index contributed by atoms with van der Waals surface area (Å²) in [6.45, 7) is 2.80. The lowest BCUT2D eigenvalue weighted by Crippen LogP contribution is -2.15. The van der Waals surface area contributed by atoms with Gasteiger partial charge in [-0.05, 0) is 36.4 Å². The number of hydrogen-bond donors (Lipinski definition) is 2. The Balaban J connectivity index is 2.26. The van der Waals surface area contributed by atoms with Crippen molar-refractivity contribution in [1.82, 2.24) is 4.98 Å². The van der Waals surface area contributed by atoms with Crippen LogP contribution in [0.3, 0.4) is 0 Å². The molecule has 0 atom stereocenters. The zero-order valence-corrected chi connectivity index (χ0v) is 13.9. The van der Waals surface area contributed by atoms with Crippen LogP contribution in [-0.4, -0.2) is 16.2 Å². The number of rotatable bonds is 6. The van der Waals surface area contributed by atoms with E-state index in [4.69, 9.17) is 18.0 Å². The van der Waals surface area contributed by atoms with Crippen LogP contribution in [0.2, 0.25) is 0 Å². The molecule has 1 aromatic carbocycles. The molecule has 1 aromatic heterocycles. The van der Waals surface area contributed by atoms with Crippen molar-refractivity contribution >= 4 is 34.7 Å². The van der Waals surface area contributed by atoms with Crippen LogP contribution in [-0.2, 0) is 13.0 Å². The summed E-state index contributed by atoms with van der Waals surface area (Å²) >= 11 is 6.84. The third-order valence-electron chi connectivity index (χ3n) is 3.30. The van der Waals surface area contributed by atoms with Gasteiger partial charge in [0.1, 0.15) is 4.99 Å². The molecule has 0 spiro atoms. The number of nitrogens with two attached hydrogens (primary N) is 1. The van der Waals surface area contributed by atoms with E-state index >= 15 is 0 Å². The van der Waals surface area contributed by atoms with Gasteiger partial charge in [-0.3, -0.25) is 4.98 Å². The second kappa shape index (κ2) is 7.43. The third-order valence-corrected chi connectivity index (χ3v) is 4.29. The number of benzene rings is 1. The summed E-state index contributed by atoms with van der Waals surface area (Å²) in [6, 6.07) is 10.1. The normalized spacial score (nSPS) is 10.4. The standard InChI is InChI=1S/C16H19N3S2/c1-3-11-6-5-9-18-13(11)10-19-12-7-4-8-14(21-2)15(12)16(17)20/h4-9,19H,3,10H2,1-2H3,(H2,17,20). The monoisotopic (exact) mass is 317 g/mol. The van der Waals surface area contributed by atoms with Crippen molar-refractivity contribution in [2.24, 2.45) is 5.73 Å². The van der Waals surface area contributed by atoms with Crippen molar-refractivity contribution < 1.29 is 0 Å². The van der Waals surface area contributed by atoms with E-state index in [0.717, 1.165) is 28.3 Å². The first-order chi connectivity index (χ1) is 10.2. The molecular weight excluding hydrogens is 298 g/mol. The lowest BCUT2D eigenvalue weighted by atomic mass is 10.1. The number of hydrogen-bond acceptors (Lipinski definition) is 4. The van der Waals surface area contributed by atoms with E-state index in [9.17, 15) is 0 Å². The predicted molar refractivity (Wildman–Crippen MR) is 95.1 cm³/mol. The Morgan fingerprint density at radius 3 is 2.81 bits per heavy atom. The van der Waals surface area contributed by atoms with Gasteiger partial charge in [-0.25, -0.2) is 0 Å². The van der Waals surface area contributed by atoms with Crippen LogP contribution in [0.15, 0.2) is 41.4 Å². The first-order valence-corrected chi connectivity index (χ1v) is 8.44. The highest BCUT2D eigenvalue weighted by atomic mass is 32.2. The smallest absolute Gasteiger partial charge is 0.107 e. The average Bonchev–Trinajstić information content (AvgIpc) is 2.52. The maximum absolute atomic E-state index is 5.88. The van der Waals surface area contributed by atoms with Crippen LogP contribution in [0, 0.1) is 0 Å². The van der Waals surface area contributed by atoms with E-state index in [1.54, 1.807) is 11.8 Å². The van der Waals surface area contributed by atoms with E-state index in [2.05, 4.69) is 23.3 Å². The molecule has 0 amide bonds. The minimum atomic E-state index is 0.416. The number of thiocarbonyl (C=S) groups is 1. The van der Waals surface area contributed by atoms with Crippen molar-refractivity contribution in [3.05, 3.63) is 53.3 Å². The first-order valence-electron chi connectivity index (χ1n) is 6.80. The fraction of sp³-hybridized carbons (Fsp3) is 0.250. The Labute approximate surface area is 135 Å². The molecule has 0 aliphatic rings. The molecule has 3 N–H and O–H groups in total. The molecule has 3 nitrogen and oxygen atoms in total. The summed E-state index contributed by atoms with van der Waals surface area (Å²) in [5.41, 5.74) is 10.1. The van der Waals surface area contributed by atoms with Gasteiger partial charge < -0.3 is 11.1 Å². The topological polar surface area (TPSA) is 50.9 Å². The quantitative estimate of drug-likeness (QED) is 0.629. The number of pyridine rings is 1. The molecule has 2 rings (SSSR count). The van der Waals surface area contributed by atoms with Gasteiger partial charge in [-0.15, -0.1) is 11.8 Å². The SMILES string of the molecule is CCc1cccnc1CNc1cccc(SC)c1C(N)=S. The van der Waals surface area contributed by atoms with Crippen molar-refractivity contribution in [3.8, 4) is 0 Å². The molecule has 0 radical (unpaired) electrons. The molecule has 0 aliphatic heterocycles. The van der Waals surface area contributed by atoms with Gasteiger partial charge in [0.25, 0.3) is 0 Å². The average molecular weight is 317 g/mol. The minimum Gasteiger partial charge on any atom is -0.389 e.